The van der Waals surface area contributed by atoms with Crippen molar-refractivity contribution in [2.24, 2.45) is 5.73 Å². The molecule has 0 aliphatic heterocycles. The number of hydrogen-bond donors (Lipinski definition) is 1. The highest BCUT2D eigenvalue weighted by Crippen LogP contribution is 2.35. The monoisotopic (exact) mass is 273 g/mol. The molecule has 2 nitrogen and oxygen atoms in total. The number of aryl methyl sites for hydroxylation is 1. The second kappa shape index (κ2) is 6.64. The average Bonchev–Trinajstić information content (AvgIpc) is 2.46. The van der Waals surface area contributed by atoms with Gasteiger partial charge < -0.3 is 10.5 Å². The second-order valence-corrected chi connectivity index (χ2v) is 5.71. The fraction of sp³-hybridized carbons (Fsp3) is 0.250. The Morgan fingerprint density at radius 3 is 2.53 bits per heavy atom. The van der Waals surface area contributed by atoms with Gasteiger partial charge in [0.15, 0.2) is 0 Å². The van der Waals surface area contributed by atoms with Crippen LogP contribution in [0.25, 0.3) is 0 Å². The van der Waals surface area contributed by atoms with Crippen LogP contribution in [-0.2, 0) is 0 Å². The standard InChI is InChI=1S/C16H19NOS/c1-12-6-8-13(9-7-12)16(11-17)19-15-5-3-4-14(10-15)18-2/h3-10,16H,11,17H2,1-2H3. The molecule has 2 aromatic carbocycles. The third kappa shape index (κ3) is 3.75. The Bertz CT molecular complexity index is 525. The number of hydrogen-bond acceptors (Lipinski definition) is 3. The molecule has 0 amide bonds. The van der Waals surface area contributed by atoms with Crippen molar-refractivity contribution in [2.75, 3.05) is 13.7 Å². The molecule has 0 spiro atoms. The number of thioether (sulfide) groups is 1. The third-order valence-corrected chi connectivity index (χ3v) is 4.26. The predicted molar refractivity (Wildman–Crippen MR) is 81.8 cm³/mol. The van der Waals surface area contributed by atoms with Crippen LogP contribution in [0.5, 0.6) is 5.75 Å². The summed E-state index contributed by atoms with van der Waals surface area (Å²) in [5, 5.41) is 0.271. The lowest BCUT2D eigenvalue weighted by atomic mass is 10.1. The summed E-state index contributed by atoms with van der Waals surface area (Å²) >= 11 is 1.77. The van der Waals surface area contributed by atoms with Crippen LogP contribution < -0.4 is 10.5 Å². The molecule has 0 saturated carbocycles. The van der Waals surface area contributed by atoms with Gasteiger partial charge >= 0.3 is 0 Å². The van der Waals surface area contributed by atoms with Crippen molar-refractivity contribution in [1.29, 1.82) is 0 Å². The van der Waals surface area contributed by atoms with Crippen molar-refractivity contribution >= 4 is 11.8 Å². The van der Waals surface area contributed by atoms with E-state index < -0.39 is 0 Å². The average molecular weight is 273 g/mol. The van der Waals surface area contributed by atoms with E-state index in [9.17, 15) is 0 Å². The van der Waals surface area contributed by atoms with Gasteiger partial charge in [0.2, 0.25) is 0 Å². The lowest BCUT2D eigenvalue weighted by Gasteiger charge is -2.15. The number of rotatable bonds is 5. The van der Waals surface area contributed by atoms with Gasteiger partial charge in [-0.3, -0.25) is 0 Å². The van der Waals surface area contributed by atoms with Gasteiger partial charge in [-0.25, -0.2) is 0 Å². The smallest absolute Gasteiger partial charge is 0.119 e. The van der Waals surface area contributed by atoms with E-state index in [0.29, 0.717) is 6.54 Å². The van der Waals surface area contributed by atoms with Gasteiger partial charge in [-0.15, -0.1) is 11.8 Å². The van der Waals surface area contributed by atoms with Gasteiger partial charge in [0.05, 0.1) is 7.11 Å². The van der Waals surface area contributed by atoms with E-state index in [1.54, 1.807) is 18.9 Å². The zero-order chi connectivity index (χ0) is 13.7. The second-order valence-electron chi connectivity index (χ2n) is 4.43. The third-order valence-electron chi connectivity index (χ3n) is 2.98. The molecule has 0 bridgehead atoms. The van der Waals surface area contributed by atoms with Crippen molar-refractivity contribution in [2.45, 2.75) is 17.1 Å². The van der Waals surface area contributed by atoms with E-state index in [2.05, 4.69) is 37.3 Å². The maximum Gasteiger partial charge on any atom is 0.119 e. The molecular formula is C16H19NOS. The lowest BCUT2D eigenvalue weighted by Crippen LogP contribution is -2.09. The molecule has 1 unspecified atom stereocenters. The van der Waals surface area contributed by atoms with Crippen LogP contribution in [0.4, 0.5) is 0 Å². The Kier molecular flexibility index (Phi) is 4.88. The zero-order valence-corrected chi connectivity index (χ0v) is 12.1. The number of methoxy groups -OCH3 is 1. The van der Waals surface area contributed by atoms with E-state index in [1.807, 2.05) is 18.2 Å². The Hall–Kier alpha value is -1.45. The quantitative estimate of drug-likeness (QED) is 0.842. The van der Waals surface area contributed by atoms with E-state index >= 15 is 0 Å². The highest BCUT2D eigenvalue weighted by Gasteiger charge is 2.11. The lowest BCUT2D eigenvalue weighted by molar-refractivity contribution is 0.413. The van der Waals surface area contributed by atoms with Crippen molar-refractivity contribution < 1.29 is 4.74 Å². The first-order chi connectivity index (χ1) is 9.22. The topological polar surface area (TPSA) is 35.2 Å². The fourth-order valence-corrected chi connectivity index (χ4v) is 2.93. The molecule has 0 saturated heterocycles. The van der Waals surface area contributed by atoms with Crippen LogP contribution in [0, 0.1) is 6.92 Å². The molecule has 0 radical (unpaired) electrons. The first kappa shape index (κ1) is 14.0. The van der Waals surface area contributed by atoms with Crippen LogP contribution in [-0.4, -0.2) is 13.7 Å². The highest BCUT2D eigenvalue weighted by molar-refractivity contribution is 7.99. The van der Waals surface area contributed by atoms with Gasteiger partial charge in [0.25, 0.3) is 0 Å². The summed E-state index contributed by atoms with van der Waals surface area (Å²) in [6.07, 6.45) is 0. The Labute approximate surface area is 119 Å². The molecule has 2 aromatic rings. The van der Waals surface area contributed by atoms with Gasteiger partial charge in [-0.05, 0) is 30.7 Å². The normalized spacial score (nSPS) is 12.2. The van der Waals surface area contributed by atoms with Crippen molar-refractivity contribution in [3.8, 4) is 5.75 Å². The van der Waals surface area contributed by atoms with Gasteiger partial charge in [0.1, 0.15) is 5.75 Å². The highest BCUT2D eigenvalue weighted by atomic mass is 32.2. The molecule has 19 heavy (non-hydrogen) atoms. The summed E-state index contributed by atoms with van der Waals surface area (Å²) in [7, 11) is 1.68. The first-order valence-electron chi connectivity index (χ1n) is 6.30. The van der Waals surface area contributed by atoms with Crippen LogP contribution in [0.1, 0.15) is 16.4 Å². The summed E-state index contributed by atoms with van der Waals surface area (Å²) in [4.78, 5) is 1.18. The number of nitrogens with two attached hydrogens (primary N) is 1. The van der Waals surface area contributed by atoms with Crippen molar-refractivity contribution in [3.63, 3.8) is 0 Å². The molecule has 0 heterocycles. The Morgan fingerprint density at radius 1 is 1.16 bits per heavy atom. The number of ether oxygens (including phenoxy) is 1. The predicted octanol–water partition coefficient (Wildman–Crippen LogP) is 3.80. The number of benzene rings is 2. The van der Waals surface area contributed by atoms with Crippen LogP contribution >= 0.6 is 11.8 Å². The molecular weight excluding hydrogens is 254 g/mol. The minimum atomic E-state index is 0.271. The minimum absolute atomic E-state index is 0.271. The van der Waals surface area contributed by atoms with Crippen LogP contribution in [0.15, 0.2) is 53.4 Å². The van der Waals surface area contributed by atoms with E-state index in [4.69, 9.17) is 10.5 Å². The van der Waals surface area contributed by atoms with Crippen LogP contribution in [0.2, 0.25) is 0 Å². The molecule has 100 valence electrons. The van der Waals surface area contributed by atoms with E-state index in [1.165, 1.54) is 16.0 Å². The van der Waals surface area contributed by atoms with Crippen molar-refractivity contribution in [3.05, 3.63) is 59.7 Å². The van der Waals surface area contributed by atoms with Gasteiger partial charge in [-0.2, -0.15) is 0 Å². The van der Waals surface area contributed by atoms with Gasteiger partial charge in [-0.1, -0.05) is 35.9 Å². The molecule has 0 aliphatic rings. The summed E-state index contributed by atoms with van der Waals surface area (Å²) in [6, 6.07) is 16.6. The molecule has 2 rings (SSSR count). The largest absolute Gasteiger partial charge is 0.497 e. The molecule has 0 fully saturated rings. The Balaban J connectivity index is 2.16. The van der Waals surface area contributed by atoms with Crippen molar-refractivity contribution in [1.82, 2.24) is 0 Å². The zero-order valence-electron chi connectivity index (χ0n) is 11.3. The molecule has 0 aromatic heterocycles. The van der Waals surface area contributed by atoms with E-state index in [0.717, 1.165) is 5.75 Å². The fourth-order valence-electron chi connectivity index (χ4n) is 1.87. The molecule has 0 aliphatic carbocycles. The summed E-state index contributed by atoms with van der Waals surface area (Å²) in [5.74, 6) is 0.879. The maximum absolute atomic E-state index is 5.91. The molecule has 2 N–H and O–H groups in total. The molecule has 1 atom stereocenters. The van der Waals surface area contributed by atoms with E-state index in [-0.39, 0.29) is 5.25 Å². The first-order valence-corrected chi connectivity index (χ1v) is 7.18. The van der Waals surface area contributed by atoms with Crippen LogP contribution in [0.3, 0.4) is 0 Å². The SMILES string of the molecule is COc1cccc(SC(CN)c2ccc(C)cc2)c1. The summed E-state index contributed by atoms with van der Waals surface area (Å²) < 4.78 is 5.25. The summed E-state index contributed by atoms with van der Waals surface area (Å²) in [6.45, 7) is 2.71. The van der Waals surface area contributed by atoms with Gasteiger partial charge in [0, 0.05) is 16.7 Å². The minimum Gasteiger partial charge on any atom is -0.497 e. The molecule has 3 heteroatoms. The maximum atomic E-state index is 5.91. The summed E-state index contributed by atoms with van der Waals surface area (Å²) in [5.41, 5.74) is 8.44. The Morgan fingerprint density at radius 2 is 1.89 bits per heavy atom.